The lowest BCUT2D eigenvalue weighted by Crippen LogP contribution is -2.22. The number of carbonyl (C=O) groups excluding carboxylic acids is 1. The molecule has 2 rings (SSSR count). The number of H-pyrrole nitrogens is 1. The molecule has 4 nitrogen and oxygen atoms in total. The molecule has 1 aliphatic heterocycles. The average molecular weight is 180 g/mol. The molecule has 1 aromatic rings. The molecule has 13 heavy (non-hydrogen) atoms. The van der Waals surface area contributed by atoms with Gasteiger partial charge in [0.1, 0.15) is 5.69 Å². The van der Waals surface area contributed by atoms with Gasteiger partial charge in [0.2, 0.25) is 0 Å². The average Bonchev–Trinajstić information content (AvgIpc) is 2.59. The van der Waals surface area contributed by atoms with E-state index in [1.54, 1.807) is 0 Å². The first-order valence-corrected chi connectivity index (χ1v) is 4.31. The zero-order valence-electron chi connectivity index (χ0n) is 7.52. The van der Waals surface area contributed by atoms with E-state index in [1.807, 2.05) is 6.07 Å². The Hall–Kier alpha value is -1.29. The maximum Gasteiger partial charge on any atom is 0.354 e. The Bertz CT molecular complexity index is 307. The number of carbonyl (C=O) groups is 1. The van der Waals surface area contributed by atoms with Crippen LogP contribution in [0.15, 0.2) is 6.07 Å². The predicted octanol–water partition coefficient (Wildman–Crippen LogP) is 0.447. The molecular weight excluding hydrogens is 168 g/mol. The highest BCUT2D eigenvalue weighted by Gasteiger charge is 2.15. The molecule has 4 heteroatoms. The smallest absolute Gasteiger partial charge is 0.354 e. The van der Waals surface area contributed by atoms with E-state index in [0.29, 0.717) is 5.69 Å². The van der Waals surface area contributed by atoms with Crippen molar-refractivity contribution in [3.63, 3.8) is 0 Å². The first kappa shape index (κ1) is 8.31. The van der Waals surface area contributed by atoms with Crippen LogP contribution in [0.25, 0.3) is 0 Å². The molecular formula is C9H12N2O2. The summed E-state index contributed by atoms with van der Waals surface area (Å²) in [5, 5.41) is 3.24. The fourth-order valence-electron chi connectivity index (χ4n) is 1.58. The quantitative estimate of drug-likeness (QED) is 0.617. The molecule has 0 aliphatic carbocycles. The minimum absolute atomic E-state index is 0.297. The fraction of sp³-hybridized carbons (Fsp3) is 0.444. The summed E-state index contributed by atoms with van der Waals surface area (Å²) in [7, 11) is 1.39. The molecule has 1 aromatic heterocycles. The third-order valence-corrected chi connectivity index (χ3v) is 2.26. The van der Waals surface area contributed by atoms with Crippen LogP contribution in [0.4, 0.5) is 0 Å². The summed E-state index contributed by atoms with van der Waals surface area (Å²) in [5.74, 6) is -0.297. The zero-order valence-corrected chi connectivity index (χ0v) is 7.52. The third-order valence-electron chi connectivity index (χ3n) is 2.26. The van der Waals surface area contributed by atoms with Gasteiger partial charge in [-0.25, -0.2) is 4.79 Å². The number of rotatable bonds is 1. The normalized spacial score (nSPS) is 15.2. The molecule has 2 heterocycles. The van der Waals surface area contributed by atoms with Gasteiger partial charge in [-0.3, -0.25) is 0 Å². The number of aromatic amines is 1. The monoisotopic (exact) mass is 180 g/mol. The maximum atomic E-state index is 11.2. The Morgan fingerprint density at radius 3 is 3.15 bits per heavy atom. The molecule has 0 amide bonds. The summed E-state index contributed by atoms with van der Waals surface area (Å²) >= 11 is 0. The van der Waals surface area contributed by atoms with E-state index in [9.17, 15) is 4.79 Å². The van der Waals surface area contributed by atoms with Crippen molar-refractivity contribution in [3.05, 3.63) is 23.0 Å². The van der Waals surface area contributed by atoms with Crippen LogP contribution in [0.5, 0.6) is 0 Å². The third kappa shape index (κ3) is 1.45. The number of hydrogen-bond acceptors (Lipinski definition) is 3. The molecule has 0 aromatic carbocycles. The van der Waals surface area contributed by atoms with Crippen molar-refractivity contribution < 1.29 is 9.53 Å². The van der Waals surface area contributed by atoms with Crippen LogP contribution >= 0.6 is 0 Å². The largest absolute Gasteiger partial charge is 0.464 e. The molecule has 0 saturated heterocycles. The highest BCUT2D eigenvalue weighted by molar-refractivity contribution is 5.87. The topological polar surface area (TPSA) is 54.1 Å². The van der Waals surface area contributed by atoms with Crippen LogP contribution in [-0.4, -0.2) is 24.6 Å². The van der Waals surface area contributed by atoms with Gasteiger partial charge in [0, 0.05) is 25.2 Å². The van der Waals surface area contributed by atoms with E-state index in [-0.39, 0.29) is 5.97 Å². The molecule has 0 radical (unpaired) electrons. The van der Waals surface area contributed by atoms with Gasteiger partial charge in [-0.05, 0) is 11.6 Å². The lowest BCUT2D eigenvalue weighted by Gasteiger charge is -2.11. The Morgan fingerprint density at radius 2 is 2.46 bits per heavy atom. The van der Waals surface area contributed by atoms with Gasteiger partial charge < -0.3 is 15.0 Å². The van der Waals surface area contributed by atoms with Crippen molar-refractivity contribution in [1.29, 1.82) is 0 Å². The number of fused-ring (bicyclic) bond motifs is 1. The lowest BCUT2D eigenvalue weighted by atomic mass is 10.1. The number of esters is 1. The summed E-state index contributed by atoms with van der Waals surface area (Å²) < 4.78 is 4.62. The van der Waals surface area contributed by atoms with Crippen LogP contribution in [-0.2, 0) is 17.7 Å². The second-order valence-corrected chi connectivity index (χ2v) is 3.11. The Labute approximate surface area is 76.3 Å². The summed E-state index contributed by atoms with van der Waals surface area (Å²) in [6.45, 7) is 1.80. The maximum absolute atomic E-state index is 11.2. The van der Waals surface area contributed by atoms with Gasteiger partial charge in [0.25, 0.3) is 0 Å². The van der Waals surface area contributed by atoms with Crippen molar-refractivity contribution in [2.45, 2.75) is 13.0 Å². The van der Waals surface area contributed by atoms with E-state index < -0.39 is 0 Å². The second-order valence-electron chi connectivity index (χ2n) is 3.11. The number of hydrogen-bond donors (Lipinski definition) is 2. The minimum Gasteiger partial charge on any atom is -0.464 e. The molecule has 0 unspecified atom stereocenters. The summed E-state index contributed by atoms with van der Waals surface area (Å²) in [6, 6.07) is 1.85. The van der Waals surface area contributed by atoms with Crippen LogP contribution in [0.2, 0.25) is 0 Å². The van der Waals surface area contributed by atoms with E-state index in [1.165, 1.54) is 12.7 Å². The summed E-state index contributed by atoms with van der Waals surface area (Å²) in [4.78, 5) is 14.2. The van der Waals surface area contributed by atoms with E-state index in [2.05, 4.69) is 15.0 Å². The molecule has 2 N–H and O–H groups in total. The van der Waals surface area contributed by atoms with Crippen molar-refractivity contribution in [2.24, 2.45) is 0 Å². The van der Waals surface area contributed by atoms with Crippen LogP contribution in [0, 0.1) is 0 Å². The van der Waals surface area contributed by atoms with Gasteiger partial charge in [-0.1, -0.05) is 0 Å². The van der Waals surface area contributed by atoms with E-state index in [4.69, 9.17) is 0 Å². The van der Waals surface area contributed by atoms with Crippen LogP contribution in [0.3, 0.4) is 0 Å². The van der Waals surface area contributed by atoms with E-state index >= 15 is 0 Å². The van der Waals surface area contributed by atoms with Gasteiger partial charge >= 0.3 is 5.97 Å². The highest BCUT2D eigenvalue weighted by atomic mass is 16.5. The molecule has 0 bridgehead atoms. The van der Waals surface area contributed by atoms with Crippen LogP contribution in [0.1, 0.15) is 21.7 Å². The molecule has 0 fully saturated rings. The number of ether oxygens (including phenoxy) is 1. The summed E-state index contributed by atoms with van der Waals surface area (Å²) in [5.41, 5.74) is 2.88. The minimum atomic E-state index is -0.297. The highest BCUT2D eigenvalue weighted by Crippen LogP contribution is 2.15. The Balaban J connectivity index is 2.30. The number of nitrogens with one attached hydrogen (secondary N) is 2. The first-order chi connectivity index (χ1) is 6.31. The van der Waals surface area contributed by atoms with Gasteiger partial charge in [0.05, 0.1) is 7.11 Å². The standard InChI is InChI=1S/C9H12N2O2/c1-13-9(12)8-4-6-5-10-3-2-7(6)11-8/h4,10-11H,2-3,5H2,1H3. The lowest BCUT2D eigenvalue weighted by molar-refractivity contribution is 0.0594. The van der Waals surface area contributed by atoms with Gasteiger partial charge in [-0.15, -0.1) is 0 Å². The van der Waals surface area contributed by atoms with Gasteiger partial charge in [-0.2, -0.15) is 0 Å². The Kier molecular flexibility index (Phi) is 2.06. The molecule has 0 saturated carbocycles. The van der Waals surface area contributed by atoms with Crippen molar-refractivity contribution >= 4 is 5.97 Å². The first-order valence-electron chi connectivity index (χ1n) is 4.31. The molecule has 0 atom stereocenters. The molecule has 1 aliphatic rings. The summed E-state index contributed by atoms with van der Waals surface area (Å²) in [6.07, 6.45) is 0.951. The SMILES string of the molecule is COC(=O)c1cc2c([nH]1)CCNC2. The predicted molar refractivity (Wildman–Crippen MR) is 47.5 cm³/mol. The van der Waals surface area contributed by atoms with Gasteiger partial charge in [0.15, 0.2) is 0 Å². The number of aromatic nitrogens is 1. The molecule has 0 spiro atoms. The van der Waals surface area contributed by atoms with Crippen molar-refractivity contribution in [3.8, 4) is 0 Å². The van der Waals surface area contributed by atoms with Crippen molar-refractivity contribution in [1.82, 2.24) is 10.3 Å². The van der Waals surface area contributed by atoms with E-state index in [0.717, 1.165) is 25.2 Å². The number of methoxy groups -OCH3 is 1. The van der Waals surface area contributed by atoms with Crippen LogP contribution < -0.4 is 5.32 Å². The second kappa shape index (κ2) is 3.22. The molecule has 70 valence electrons. The van der Waals surface area contributed by atoms with Crippen molar-refractivity contribution in [2.75, 3.05) is 13.7 Å². The zero-order chi connectivity index (χ0) is 9.26. The Morgan fingerprint density at radius 1 is 1.62 bits per heavy atom. The fourth-order valence-corrected chi connectivity index (χ4v) is 1.58.